The summed E-state index contributed by atoms with van der Waals surface area (Å²) < 4.78 is 0. The summed E-state index contributed by atoms with van der Waals surface area (Å²) in [5.41, 5.74) is 0. The van der Waals surface area contributed by atoms with E-state index in [0.717, 1.165) is 12.0 Å². The Morgan fingerprint density at radius 3 is 2.85 bits per heavy atom. The standard InChI is InChI=1S/C12H21N/c1-11-6-5-9-13(11)10-12-7-3-2-4-8-12/h3,7,11-12H,2,4-6,8-10H2,1H3. The molecule has 1 nitrogen and oxygen atoms in total. The number of rotatable bonds is 2. The molecule has 0 aromatic heterocycles. The van der Waals surface area contributed by atoms with Crippen molar-refractivity contribution in [2.24, 2.45) is 5.92 Å². The van der Waals surface area contributed by atoms with Crippen LogP contribution in [-0.4, -0.2) is 24.0 Å². The molecule has 0 aromatic carbocycles. The van der Waals surface area contributed by atoms with Gasteiger partial charge in [-0.2, -0.15) is 0 Å². The monoisotopic (exact) mass is 179 g/mol. The van der Waals surface area contributed by atoms with Gasteiger partial charge in [-0.1, -0.05) is 12.2 Å². The zero-order valence-electron chi connectivity index (χ0n) is 8.71. The van der Waals surface area contributed by atoms with Crippen molar-refractivity contribution in [3.8, 4) is 0 Å². The fourth-order valence-corrected chi connectivity index (χ4v) is 2.60. The SMILES string of the molecule is CC1CCCN1CC1C=CCCC1. The Morgan fingerprint density at radius 1 is 1.31 bits per heavy atom. The van der Waals surface area contributed by atoms with Crippen molar-refractivity contribution in [1.82, 2.24) is 4.90 Å². The van der Waals surface area contributed by atoms with Crippen LogP contribution in [0.4, 0.5) is 0 Å². The highest BCUT2D eigenvalue weighted by Crippen LogP contribution is 2.23. The Morgan fingerprint density at radius 2 is 2.23 bits per heavy atom. The van der Waals surface area contributed by atoms with Gasteiger partial charge in [-0.05, 0) is 51.5 Å². The third-order valence-corrected chi connectivity index (χ3v) is 3.51. The summed E-state index contributed by atoms with van der Waals surface area (Å²) >= 11 is 0. The molecular formula is C12H21N. The topological polar surface area (TPSA) is 3.24 Å². The maximum atomic E-state index is 2.67. The molecule has 74 valence electrons. The van der Waals surface area contributed by atoms with Crippen LogP contribution in [0.5, 0.6) is 0 Å². The summed E-state index contributed by atoms with van der Waals surface area (Å²) in [6.45, 7) is 5.03. The van der Waals surface area contributed by atoms with Crippen molar-refractivity contribution in [1.29, 1.82) is 0 Å². The molecule has 0 amide bonds. The largest absolute Gasteiger partial charge is 0.300 e. The van der Waals surface area contributed by atoms with Crippen LogP contribution in [0, 0.1) is 5.92 Å². The molecule has 1 aliphatic carbocycles. The minimum atomic E-state index is 0.843. The second kappa shape index (κ2) is 4.28. The Balaban J connectivity index is 1.82. The molecule has 1 heterocycles. The fraction of sp³-hybridized carbons (Fsp3) is 0.833. The van der Waals surface area contributed by atoms with E-state index in [1.165, 1.54) is 45.2 Å². The summed E-state index contributed by atoms with van der Waals surface area (Å²) in [7, 11) is 0. The van der Waals surface area contributed by atoms with Crippen LogP contribution in [0.1, 0.15) is 39.0 Å². The van der Waals surface area contributed by atoms with Gasteiger partial charge in [0.05, 0.1) is 0 Å². The molecule has 0 bridgehead atoms. The molecule has 0 saturated carbocycles. The van der Waals surface area contributed by atoms with Gasteiger partial charge in [0.2, 0.25) is 0 Å². The molecule has 13 heavy (non-hydrogen) atoms. The van der Waals surface area contributed by atoms with Gasteiger partial charge >= 0.3 is 0 Å². The molecular weight excluding hydrogens is 158 g/mol. The van der Waals surface area contributed by atoms with Crippen LogP contribution in [0.3, 0.4) is 0 Å². The van der Waals surface area contributed by atoms with E-state index in [9.17, 15) is 0 Å². The summed E-state index contributed by atoms with van der Waals surface area (Å²) in [5.74, 6) is 0.856. The van der Waals surface area contributed by atoms with Crippen molar-refractivity contribution in [3.05, 3.63) is 12.2 Å². The maximum Gasteiger partial charge on any atom is 0.00676 e. The smallest absolute Gasteiger partial charge is 0.00676 e. The van der Waals surface area contributed by atoms with Gasteiger partial charge < -0.3 is 4.90 Å². The molecule has 0 radical (unpaired) electrons. The van der Waals surface area contributed by atoms with Crippen molar-refractivity contribution >= 4 is 0 Å². The summed E-state index contributed by atoms with van der Waals surface area (Å²) in [6, 6.07) is 0.843. The first-order chi connectivity index (χ1) is 6.36. The van der Waals surface area contributed by atoms with Crippen LogP contribution in [0.2, 0.25) is 0 Å². The molecule has 2 unspecified atom stereocenters. The van der Waals surface area contributed by atoms with E-state index in [4.69, 9.17) is 0 Å². The van der Waals surface area contributed by atoms with Gasteiger partial charge in [-0.3, -0.25) is 0 Å². The molecule has 2 atom stereocenters. The summed E-state index contributed by atoms with van der Waals surface area (Å²) in [5, 5.41) is 0. The molecule has 0 spiro atoms. The van der Waals surface area contributed by atoms with Gasteiger partial charge in [0.1, 0.15) is 0 Å². The Kier molecular flexibility index (Phi) is 3.05. The maximum absolute atomic E-state index is 2.67. The molecule has 2 aliphatic rings. The average molecular weight is 179 g/mol. The predicted molar refractivity (Wildman–Crippen MR) is 56.8 cm³/mol. The van der Waals surface area contributed by atoms with Crippen LogP contribution >= 0.6 is 0 Å². The zero-order chi connectivity index (χ0) is 9.10. The minimum absolute atomic E-state index is 0.843. The van der Waals surface area contributed by atoms with E-state index in [1.54, 1.807) is 0 Å². The van der Waals surface area contributed by atoms with Crippen LogP contribution < -0.4 is 0 Å². The highest BCUT2D eigenvalue weighted by Gasteiger charge is 2.22. The lowest BCUT2D eigenvalue weighted by Gasteiger charge is -2.26. The summed E-state index contributed by atoms with van der Waals surface area (Å²) in [4.78, 5) is 2.67. The Labute approximate surface area is 81.8 Å². The van der Waals surface area contributed by atoms with Gasteiger partial charge in [0.25, 0.3) is 0 Å². The zero-order valence-corrected chi connectivity index (χ0v) is 8.71. The first-order valence-electron chi connectivity index (χ1n) is 5.77. The third kappa shape index (κ3) is 2.34. The lowest BCUT2D eigenvalue weighted by atomic mass is 9.95. The third-order valence-electron chi connectivity index (χ3n) is 3.51. The van der Waals surface area contributed by atoms with Gasteiger partial charge in [-0.25, -0.2) is 0 Å². The fourth-order valence-electron chi connectivity index (χ4n) is 2.60. The summed E-state index contributed by atoms with van der Waals surface area (Å²) in [6.07, 6.45) is 11.8. The Bertz CT molecular complexity index is 186. The van der Waals surface area contributed by atoms with E-state index in [-0.39, 0.29) is 0 Å². The van der Waals surface area contributed by atoms with Gasteiger partial charge in [0, 0.05) is 12.6 Å². The molecule has 0 N–H and O–H groups in total. The number of allylic oxidation sites excluding steroid dienone is 1. The van der Waals surface area contributed by atoms with E-state index >= 15 is 0 Å². The lowest BCUT2D eigenvalue weighted by Crippen LogP contribution is -2.32. The second-order valence-corrected chi connectivity index (χ2v) is 4.61. The molecule has 1 aliphatic heterocycles. The molecule has 0 aromatic rings. The van der Waals surface area contributed by atoms with Crippen molar-refractivity contribution in [2.45, 2.75) is 45.1 Å². The lowest BCUT2D eigenvalue weighted by molar-refractivity contribution is 0.234. The molecule has 1 saturated heterocycles. The van der Waals surface area contributed by atoms with Crippen LogP contribution in [0.25, 0.3) is 0 Å². The first-order valence-corrected chi connectivity index (χ1v) is 5.77. The molecule has 1 heteroatoms. The highest BCUT2D eigenvalue weighted by molar-refractivity contribution is 4.95. The van der Waals surface area contributed by atoms with E-state index < -0.39 is 0 Å². The average Bonchev–Trinajstić information content (AvgIpc) is 2.54. The predicted octanol–water partition coefficient (Wildman–Crippen LogP) is 2.83. The number of hydrogen-bond donors (Lipinski definition) is 0. The van der Waals surface area contributed by atoms with E-state index in [1.807, 2.05) is 0 Å². The minimum Gasteiger partial charge on any atom is -0.300 e. The highest BCUT2D eigenvalue weighted by atomic mass is 15.2. The number of hydrogen-bond acceptors (Lipinski definition) is 1. The number of likely N-dealkylation sites (tertiary alicyclic amines) is 1. The van der Waals surface area contributed by atoms with Crippen molar-refractivity contribution in [2.75, 3.05) is 13.1 Å². The van der Waals surface area contributed by atoms with Crippen LogP contribution in [0.15, 0.2) is 12.2 Å². The molecule has 2 rings (SSSR count). The van der Waals surface area contributed by atoms with Crippen LogP contribution in [-0.2, 0) is 0 Å². The van der Waals surface area contributed by atoms with E-state index in [0.29, 0.717) is 0 Å². The van der Waals surface area contributed by atoms with Gasteiger partial charge in [0.15, 0.2) is 0 Å². The molecule has 1 fully saturated rings. The normalized spacial score (nSPS) is 35.5. The second-order valence-electron chi connectivity index (χ2n) is 4.61. The first kappa shape index (κ1) is 9.26. The van der Waals surface area contributed by atoms with Gasteiger partial charge in [-0.15, -0.1) is 0 Å². The van der Waals surface area contributed by atoms with E-state index in [2.05, 4.69) is 24.0 Å². The van der Waals surface area contributed by atoms with Crippen molar-refractivity contribution < 1.29 is 0 Å². The quantitative estimate of drug-likeness (QED) is 0.589. The number of nitrogens with zero attached hydrogens (tertiary/aromatic N) is 1. The Hall–Kier alpha value is -0.300. The van der Waals surface area contributed by atoms with Crippen molar-refractivity contribution in [3.63, 3.8) is 0 Å².